The maximum absolute atomic E-state index is 13.2. The molecule has 1 aliphatic carbocycles. The van der Waals surface area contributed by atoms with Crippen molar-refractivity contribution in [3.05, 3.63) is 35.9 Å². The number of esters is 1. The van der Waals surface area contributed by atoms with Crippen LogP contribution in [0.3, 0.4) is 0 Å². The van der Waals surface area contributed by atoms with Crippen molar-refractivity contribution in [3.63, 3.8) is 0 Å². The van der Waals surface area contributed by atoms with E-state index in [1.807, 2.05) is 30.3 Å². The van der Waals surface area contributed by atoms with Crippen LogP contribution in [0.25, 0.3) is 0 Å². The molecular formula is C21H29NO3. The highest BCUT2D eigenvalue weighted by Gasteiger charge is 2.49. The molecule has 2 atom stereocenters. The molecule has 0 spiro atoms. The molecule has 1 saturated carbocycles. The third kappa shape index (κ3) is 3.22. The molecule has 1 N–H and O–H groups in total. The minimum atomic E-state index is -1.51. The maximum atomic E-state index is 13.2. The van der Waals surface area contributed by atoms with Gasteiger partial charge in [-0.05, 0) is 50.3 Å². The van der Waals surface area contributed by atoms with E-state index in [1.54, 1.807) is 0 Å². The average molecular weight is 343 g/mol. The summed E-state index contributed by atoms with van der Waals surface area (Å²) < 4.78 is 5.97. The number of fused-ring (bicyclic) bond motifs is 3. The predicted octanol–water partition coefficient (Wildman–Crippen LogP) is 3.09. The van der Waals surface area contributed by atoms with Crippen LogP contribution in [-0.2, 0) is 15.1 Å². The molecule has 5 rings (SSSR count). The lowest BCUT2D eigenvalue weighted by Gasteiger charge is -2.45. The van der Waals surface area contributed by atoms with Crippen LogP contribution in [0, 0.1) is 11.8 Å². The molecule has 25 heavy (non-hydrogen) atoms. The van der Waals surface area contributed by atoms with Crippen LogP contribution in [0.2, 0.25) is 0 Å². The summed E-state index contributed by atoms with van der Waals surface area (Å²) in [5.74, 6) is -0.0121. The van der Waals surface area contributed by atoms with E-state index in [-0.39, 0.29) is 12.0 Å². The Morgan fingerprint density at radius 1 is 1.04 bits per heavy atom. The molecule has 0 aromatic heterocycles. The number of hydrogen-bond donors (Lipinski definition) is 1. The zero-order chi connectivity index (χ0) is 17.3. The van der Waals surface area contributed by atoms with Gasteiger partial charge in [0.15, 0.2) is 5.60 Å². The van der Waals surface area contributed by atoms with Gasteiger partial charge in [0.25, 0.3) is 0 Å². The summed E-state index contributed by atoms with van der Waals surface area (Å²) in [5, 5.41) is 11.6. The van der Waals surface area contributed by atoms with Crippen molar-refractivity contribution in [2.45, 2.75) is 56.7 Å². The van der Waals surface area contributed by atoms with E-state index in [0.29, 0.717) is 11.5 Å². The van der Waals surface area contributed by atoms with E-state index in [2.05, 4.69) is 4.90 Å². The first kappa shape index (κ1) is 17.0. The van der Waals surface area contributed by atoms with Crippen molar-refractivity contribution in [1.29, 1.82) is 0 Å². The Hall–Kier alpha value is -1.39. The van der Waals surface area contributed by atoms with E-state index in [1.165, 1.54) is 6.42 Å². The van der Waals surface area contributed by atoms with Gasteiger partial charge in [0.05, 0.1) is 0 Å². The number of hydrogen-bond acceptors (Lipinski definition) is 4. The molecule has 136 valence electrons. The minimum absolute atomic E-state index is 0.0442. The van der Waals surface area contributed by atoms with Gasteiger partial charge in [-0.1, -0.05) is 49.6 Å². The number of piperidine rings is 3. The Bertz CT molecular complexity index is 590. The summed E-state index contributed by atoms with van der Waals surface area (Å²) in [6.45, 7) is 3.06. The van der Waals surface area contributed by atoms with Gasteiger partial charge in [-0.15, -0.1) is 0 Å². The fourth-order valence-corrected chi connectivity index (χ4v) is 5.00. The molecule has 1 aromatic rings. The van der Waals surface area contributed by atoms with E-state index in [9.17, 15) is 9.90 Å². The van der Waals surface area contributed by atoms with Crippen LogP contribution in [-0.4, -0.2) is 41.7 Å². The summed E-state index contributed by atoms with van der Waals surface area (Å²) in [6, 6.07) is 9.44. The number of carbonyl (C=O) groups is 1. The standard InChI is InChI=1S/C21H29NO3/c23-20(25-19-15-22-13-11-16(19)12-14-22)21(24,17-7-3-1-4-8-17)18-9-5-2-6-10-18/h1,3-4,7-8,16,18-19,24H,2,5-6,9-15H2/t19?,21-/m1/s1. The van der Waals surface area contributed by atoms with Crippen LogP contribution in [0.4, 0.5) is 0 Å². The molecule has 4 fully saturated rings. The van der Waals surface area contributed by atoms with Crippen LogP contribution in [0.1, 0.15) is 50.5 Å². The number of rotatable bonds is 4. The van der Waals surface area contributed by atoms with Gasteiger partial charge in [0.1, 0.15) is 6.10 Å². The van der Waals surface area contributed by atoms with Crippen LogP contribution in [0.5, 0.6) is 0 Å². The summed E-state index contributed by atoms with van der Waals surface area (Å²) in [7, 11) is 0. The second-order valence-electron chi connectivity index (χ2n) is 8.05. The fourth-order valence-electron chi connectivity index (χ4n) is 5.00. The van der Waals surface area contributed by atoms with Crippen molar-refractivity contribution in [3.8, 4) is 0 Å². The summed E-state index contributed by atoms with van der Waals surface area (Å²) >= 11 is 0. The zero-order valence-electron chi connectivity index (χ0n) is 14.9. The molecule has 3 aliphatic heterocycles. The Morgan fingerprint density at radius 3 is 2.32 bits per heavy atom. The van der Waals surface area contributed by atoms with E-state index < -0.39 is 11.6 Å². The monoisotopic (exact) mass is 343 g/mol. The molecule has 4 aliphatic rings. The van der Waals surface area contributed by atoms with Gasteiger partial charge in [-0.3, -0.25) is 4.90 Å². The van der Waals surface area contributed by atoms with Gasteiger partial charge in [-0.2, -0.15) is 0 Å². The van der Waals surface area contributed by atoms with Gasteiger partial charge >= 0.3 is 5.97 Å². The first-order valence-electron chi connectivity index (χ1n) is 9.89. The highest BCUT2D eigenvalue weighted by molar-refractivity contribution is 5.81. The SMILES string of the molecule is O=C(OC1CN2CCC1CC2)[C@@](O)(c1ccccc1)C1CCCCC1. The summed E-state index contributed by atoms with van der Waals surface area (Å²) in [4.78, 5) is 15.6. The maximum Gasteiger partial charge on any atom is 0.343 e. The average Bonchev–Trinajstić information content (AvgIpc) is 2.69. The van der Waals surface area contributed by atoms with Crippen molar-refractivity contribution in [2.75, 3.05) is 19.6 Å². The Labute approximate surface area is 150 Å². The molecule has 2 bridgehead atoms. The molecular weight excluding hydrogens is 314 g/mol. The van der Waals surface area contributed by atoms with Gasteiger partial charge < -0.3 is 9.84 Å². The number of carbonyl (C=O) groups excluding carboxylic acids is 1. The largest absolute Gasteiger partial charge is 0.458 e. The molecule has 0 amide bonds. The lowest BCUT2D eigenvalue weighted by molar-refractivity contribution is -0.189. The topological polar surface area (TPSA) is 49.8 Å². The molecule has 4 heteroatoms. The highest BCUT2D eigenvalue weighted by Crippen LogP contribution is 2.41. The summed E-state index contributed by atoms with van der Waals surface area (Å²) in [6.07, 6.45) is 7.27. The predicted molar refractivity (Wildman–Crippen MR) is 96.0 cm³/mol. The Morgan fingerprint density at radius 2 is 1.72 bits per heavy atom. The highest BCUT2D eigenvalue weighted by atomic mass is 16.6. The molecule has 3 heterocycles. The third-order valence-corrected chi connectivity index (χ3v) is 6.58. The first-order chi connectivity index (χ1) is 12.2. The van der Waals surface area contributed by atoms with Crippen LogP contribution < -0.4 is 0 Å². The van der Waals surface area contributed by atoms with Crippen LogP contribution in [0.15, 0.2) is 30.3 Å². The minimum Gasteiger partial charge on any atom is -0.458 e. The second-order valence-corrected chi connectivity index (χ2v) is 8.05. The van der Waals surface area contributed by atoms with Gasteiger partial charge in [0, 0.05) is 12.5 Å². The fraction of sp³-hybridized carbons (Fsp3) is 0.667. The smallest absolute Gasteiger partial charge is 0.343 e. The summed E-state index contributed by atoms with van der Waals surface area (Å²) in [5.41, 5.74) is -0.818. The molecule has 1 aromatic carbocycles. The molecule has 0 radical (unpaired) electrons. The first-order valence-corrected chi connectivity index (χ1v) is 9.89. The zero-order valence-corrected chi connectivity index (χ0v) is 14.9. The molecule has 1 unspecified atom stereocenters. The Kier molecular flexibility index (Phi) is 4.83. The third-order valence-electron chi connectivity index (χ3n) is 6.58. The Balaban J connectivity index is 1.58. The lowest BCUT2D eigenvalue weighted by Crippen LogP contribution is -2.54. The molecule has 4 nitrogen and oxygen atoms in total. The second kappa shape index (κ2) is 7.08. The van der Waals surface area contributed by atoms with Gasteiger partial charge in [0.2, 0.25) is 0 Å². The van der Waals surface area contributed by atoms with Crippen LogP contribution >= 0.6 is 0 Å². The quantitative estimate of drug-likeness (QED) is 0.854. The van der Waals surface area contributed by atoms with Crippen molar-refractivity contribution >= 4 is 5.97 Å². The number of nitrogens with zero attached hydrogens (tertiary/aromatic N) is 1. The van der Waals surface area contributed by atoms with Crippen molar-refractivity contribution in [2.24, 2.45) is 11.8 Å². The van der Waals surface area contributed by atoms with E-state index >= 15 is 0 Å². The molecule has 3 saturated heterocycles. The van der Waals surface area contributed by atoms with Crippen molar-refractivity contribution < 1.29 is 14.6 Å². The lowest BCUT2D eigenvalue weighted by atomic mass is 9.73. The van der Waals surface area contributed by atoms with E-state index in [0.717, 1.165) is 58.2 Å². The van der Waals surface area contributed by atoms with Gasteiger partial charge in [-0.25, -0.2) is 4.79 Å². The van der Waals surface area contributed by atoms with E-state index in [4.69, 9.17) is 4.74 Å². The number of ether oxygens (including phenoxy) is 1. The number of benzene rings is 1. The number of aliphatic hydroxyl groups is 1. The van der Waals surface area contributed by atoms with Crippen molar-refractivity contribution in [1.82, 2.24) is 4.90 Å². The normalized spacial score (nSPS) is 32.1.